The molecule has 0 spiro atoms. The summed E-state index contributed by atoms with van der Waals surface area (Å²) < 4.78 is 5.64. The van der Waals surface area contributed by atoms with Crippen LogP contribution >= 0.6 is 0 Å². The molecule has 0 amide bonds. The molecule has 1 heterocycles. The van der Waals surface area contributed by atoms with Crippen LogP contribution in [0.4, 0.5) is 0 Å². The SMILES string of the molecule is CNCC(C)Oc1nc(C)cc(C(C)C)n1. The molecule has 0 saturated heterocycles. The first kappa shape index (κ1) is 12.9. The minimum absolute atomic E-state index is 0.0758. The predicted molar refractivity (Wildman–Crippen MR) is 64.9 cm³/mol. The van der Waals surface area contributed by atoms with E-state index in [2.05, 4.69) is 29.1 Å². The van der Waals surface area contributed by atoms with Gasteiger partial charge in [0.15, 0.2) is 0 Å². The Kier molecular flexibility index (Phi) is 4.68. The monoisotopic (exact) mass is 223 g/mol. The van der Waals surface area contributed by atoms with Crippen LogP contribution in [0.1, 0.15) is 38.1 Å². The van der Waals surface area contributed by atoms with Gasteiger partial charge < -0.3 is 10.1 Å². The third-order valence-corrected chi connectivity index (χ3v) is 2.24. The molecule has 4 nitrogen and oxygen atoms in total. The summed E-state index contributed by atoms with van der Waals surface area (Å²) in [6.45, 7) is 8.97. The number of aryl methyl sites for hydroxylation is 1. The highest BCUT2D eigenvalue weighted by molar-refractivity contribution is 5.15. The summed E-state index contributed by atoms with van der Waals surface area (Å²) in [4.78, 5) is 8.67. The van der Waals surface area contributed by atoms with Crippen LogP contribution in [0.2, 0.25) is 0 Å². The number of hydrogen-bond donors (Lipinski definition) is 1. The van der Waals surface area contributed by atoms with Crippen molar-refractivity contribution in [1.82, 2.24) is 15.3 Å². The number of rotatable bonds is 5. The molecule has 0 aromatic carbocycles. The molecule has 1 N–H and O–H groups in total. The van der Waals surface area contributed by atoms with E-state index >= 15 is 0 Å². The minimum atomic E-state index is 0.0758. The van der Waals surface area contributed by atoms with Crippen molar-refractivity contribution < 1.29 is 4.74 Å². The van der Waals surface area contributed by atoms with Crippen LogP contribution < -0.4 is 10.1 Å². The highest BCUT2D eigenvalue weighted by Crippen LogP contribution is 2.16. The summed E-state index contributed by atoms with van der Waals surface area (Å²) in [6.07, 6.45) is 0.0758. The van der Waals surface area contributed by atoms with Crippen molar-refractivity contribution in [2.75, 3.05) is 13.6 Å². The molecule has 0 bridgehead atoms. The normalized spacial score (nSPS) is 12.9. The lowest BCUT2D eigenvalue weighted by atomic mass is 10.1. The summed E-state index contributed by atoms with van der Waals surface area (Å²) in [6, 6.07) is 2.48. The number of nitrogens with one attached hydrogen (secondary N) is 1. The molecule has 0 aliphatic heterocycles. The van der Waals surface area contributed by atoms with E-state index in [-0.39, 0.29) is 6.10 Å². The number of likely N-dealkylation sites (N-methyl/N-ethyl adjacent to an activating group) is 1. The first-order valence-electron chi connectivity index (χ1n) is 5.69. The molecule has 1 atom stereocenters. The van der Waals surface area contributed by atoms with Gasteiger partial charge in [-0.2, -0.15) is 4.98 Å². The smallest absolute Gasteiger partial charge is 0.317 e. The highest BCUT2D eigenvalue weighted by atomic mass is 16.5. The molecular formula is C12H21N3O. The molecule has 1 rings (SSSR count). The van der Waals surface area contributed by atoms with Crippen LogP contribution in [0.15, 0.2) is 6.07 Å². The molecule has 1 aromatic heterocycles. The van der Waals surface area contributed by atoms with Crippen LogP contribution in [-0.4, -0.2) is 29.7 Å². The molecule has 0 saturated carbocycles. The topological polar surface area (TPSA) is 47.0 Å². The standard InChI is InChI=1S/C12H21N3O/c1-8(2)11-6-9(3)14-12(15-11)16-10(4)7-13-5/h6,8,10,13H,7H2,1-5H3. The number of nitrogens with zero attached hydrogens (tertiary/aromatic N) is 2. The zero-order valence-corrected chi connectivity index (χ0v) is 10.7. The largest absolute Gasteiger partial charge is 0.459 e. The van der Waals surface area contributed by atoms with Crippen LogP contribution in [0.5, 0.6) is 6.01 Å². The van der Waals surface area contributed by atoms with E-state index in [1.165, 1.54) is 0 Å². The Bertz CT molecular complexity index is 339. The van der Waals surface area contributed by atoms with Gasteiger partial charge in [-0.3, -0.25) is 0 Å². The van der Waals surface area contributed by atoms with Gasteiger partial charge in [-0.15, -0.1) is 0 Å². The van der Waals surface area contributed by atoms with Crippen molar-refractivity contribution in [2.45, 2.75) is 39.7 Å². The predicted octanol–water partition coefficient (Wildman–Crippen LogP) is 1.90. The fourth-order valence-corrected chi connectivity index (χ4v) is 1.42. The zero-order chi connectivity index (χ0) is 12.1. The Morgan fingerprint density at radius 2 is 2.00 bits per heavy atom. The molecule has 0 aliphatic rings. The van der Waals surface area contributed by atoms with Crippen molar-refractivity contribution in [3.8, 4) is 6.01 Å². The van der Waals surface area contributed by atoms with E-state index in [9.17, 15) is 0 Å². The summed E-state index contributed by atoms with van der Waals surface area (Å²) in [5.41, 5.74) is 1.98. The van der Waals surface area contributed by atoms with Crippen molar-refractivity contribution in [3.05, 3.63) is 17.5 Å². The maximum atomic E-state index is 5.64. The first-order chi connectivity index (χ1) is 7.52. The summed E-state index contributed by atoms with van der Waals surface area (Å²) in [7, 11) is 1.90. The van der Waals surface area contributed by atoms with Crippen molar-refractivity contribution in [3.63, 3.8) is 0 Å². The van der Waals surface area contributed by atoms with E-state index in [1.54, 1.807) is 0 Å². The second kappa shape index (κ2) is 5.80. The second-order valence-electron chi connectivity index (χ2n) is 4.36. The van der Waals surface area contributed by atoms with Crippen LogP contribution in [0, 0.1) is 6.92 Å². The fourth-order valence-electron chi connectivity index (χ4n) is 1.42. The Morgan fingerprint density at radius 1 is 1.31 bits per heavy atom. The molecule has 0 aliphatic carbocycles. The third-order valence-electron chi connectivity index (χ3n) is 2.24. The van der Waals surface area contributed by atoms with Crippen LogP contribution in [-0.2, 0) is 0 Å². The van der Waals surface area contributed by atoms with Crippen LogP contribution in [0.25, 0.3) is 0 Å². The summed E-state index contributed by atoms with van der Waals surface area (Å²) in [5, 5.41) is 3.06. The lowest BCUT2D eigenvalue weighted by Gasteiger charge is -2.14. The molecule has 1 aromatic rings. The number of aromatic nitrogens is 2. The van der Waals surface area contributed by atoms with E-state index in [0.29, 0.717) is 11.9 Å². The lowest BCUT2D eigenvalue weighted by molar-refractivity contribution is 0.201. The number of ether oxygens (including phenoxy) is 1. The second-order valence-corrected chi connectivity index (χ2v) is 4.36. The van der Waals surface area contributed by atoms with Gasteiger partial charge in [0.2, 0.25) is 0 Å². The Balaban J connectivity index is 2.80. The molecule has 90 valence electrons. The van der Waals surface area contributed by atoms with Gasteiger partial charge >= 0.3 is 6.01 Å². The van der Waals surface area contributed by atoms with Crippen LogP contribution in [0.3, 0.4) is 0 Å². The first-order valence-corrected chi connectivity index (χ1v) is 5.69. The lowest BCUT2D eigenvalue weighted by Crippen LogP contribution is -2.26. The summed E-state index contributed by atoms with van der Waals surface area (Å²) in [5.74, 6) is 0.392. The van der Waals surface area contributed by atoms with Crippen molar-refractivity contribution in [2.24, 2.45) is 0 Å². The third kappa shape index (κ3) is 3.77. The van der Waals surface area contributed by atoms with E-state index in [0.717, 1.165) is 17.9 Å². The Morgan fingerprint density at radius 3 is 2.56 bits per heavy atom. The van der Waals surface area contributed by atoms with Gasteiger partial charge in [0.25, 0.3) is 0 Å². The van der Waals surface area contributed by atoms with Crippen molar-refractivity contribution in [1.29, 1.82) is 0 Å². The van der Waals surface area contributed by atoms with Gasteiger partial charge in [-0.1, -0.05) is 13.8 Å². The average Bonchev–Trinajstić information content (AvgIpc) is 2.16. The molecule has 16 heavy (non-hydrogen) atoms. The van der Waals surface area contributed by atoms with E-state index < -0.39 is 0 Å². The quantitative estimate of drug-likeness (QED) is 0.828. The Hall–Kier alpha value is -1.16. The summed E-state index contributed by atoms with van der Waals surface area (Å²) >= 11 is 0. The molecule has 0 radical (unpaired) electrons. The molecule has 4 heteroatoms. The maximum absolute atomic E-state index is 5.64. The Labute approximate surface area is 97.5 Å². The molecule has 1 unspecified atom stereocenters. The van der Waals surface area contributed by atoms with Gasteiger partial charge in [-0.05, 0) is 32.9 Å². The van der Waals surface area contributed by atoms with Gasteiger partial charge in [-0.25, -0.2) is 4.98 Å². The number of hydrogen-bond acceptors (Lipinski definition) is 4. The average molecular weight is 223 g/mol. The fraction of sp³-hybridized carbons (Fsp3) is 0.667. The van der Waals surface area contributed by atoms with Gasteiger partial charge in [0.1, 0.15) is 6.10 Å². The zero-order valence-electron chi connectivity index (χ0n) is 10.7. The van der Waals surface area contributed by atoms with E-state index in [1.807, 2.05) is 27.0 Å². The highest BCUT2D eigenvalue weighted by Gasteiger charge is 2.09. The molecular weight excluding hydrogens is 202 g/mol. The van der Waals surface area contributed by atoms with Gasteiger partial charge in [0.05, 0.1) is 5.69 Å². The minimum Gasteiger partial charge on any atom is -0.459 e. The van der Waals surface area contributed by atoms with Gasteiger partial charge in [0, 0.05) is 12.2 Å². The van der Waals surface area contributed by atoms with E-state index in [4.69, 9.17) is 4.74 Å². The van der Waals surface area contributed by atoms with Crippen molar-refractivity contribution >= 4 is 0 Å². The molecule has 0 fully saturated rings. The maximum Gasteiger partial charge on any atom is 0.317 e.